The number of imide groups is 1. The lowest BCUT2D eigenvalue weighted by molar-refractivity contribution is -0.136. The number of hydrogen-bond donors (Lipinski definition) is 0. The predicted molar refractivity (Wildman–Crippen MR) is 71.8 cm³/mol. The van der Waals surface area contributed by atoms with E-state index in [-0.39, 0.29) is 11.8 Å². The van der Waals surface area contributed by atoms with Crippen LogP contribution >= 0.6 is 0 Å². The molecule has 1 heterocycles. The average Bonchev–Trinajstić information content (AvgIpc) is 2.67. The van der Waals surface area contributed by atoms with Crippen molar-refractivity contribution in [2.24, 2.45) is 0 Å². The van der Waals surface area contributed by atoms with Crippen molar-refractivity contribution in [1.82, 2.24) is 9.80 Å². The summed E-state index contributed by atoms with van der Waals surface area (Å²) in [4.78, 5) is 26.2. The summed E-state index contributed by atoms with van der Waals surface area (Å²) in [7, 11) is 0. The van der Waals surface area contributed by atoms with Gasteiger partial charge in [-0.2, -0.15) is 0 Å². The standard InChI is InChI=1S/C14H22N2O2/c1-4-10-15(5-2)12(3)7-6-11-16-13(17)8-9-14(16)18/h8-9H,3-7,10-11H2,1-2H3. The Kier molecular flexibility index (Phi) is 5.62. The van der Waals surface area contributed by atoms with E-state index in [1.54, 1.807) is 0 Å². The highest BCUT2D eigenvalue weighted by molar-refractivity contribution is 6.12. The quantitative estimate of drug-likeness (QED) is 0.618. The van der Waals surface area contributed by atoms with Crippen molar-refractivity contribution >= 4 is 11.8 Å². The van der Waals surface area contributed by atoms with E-state index in [4.69, 9.17) is 0 Å². The molecule has 0 fully saturated rings. The first kappa shape index (κ1) is 14.5. The maximum Gasteiger partial charge on any atom is 0.253 e. The Morgan fingerprint density at radius 1 is 1.28 bits per heavy atom. The molecule has 0 saturated heterocycles. The molecule has 0 radical (unpaired) electrons. The Morgan fingerprint density at radius 2 is 1.89 bits per heavy atom. The fraction of sp³-hybridized carbons (Fsp3) is 0.571. The Balaban J connectivity index is 2.31. The summed E-state index contributed by atoms with van der Waals surface area (Å²) in [5, 5.41) is 0. The molecule has 4 heteroatoms. The molecule has 18 heavy (non-hydrogen) atoms. The number of amides is 2. The molecule has 0 saturated carbocycles. The third-order valence-corrected chi connectivity index (χ3v) is 3.07. The molecule has 2 amide bonds. The van der Waals surface area contributed by atoms with E-state index in [9.17, 15) is 9.59 Å². The molecule has 0 aliphatic carbocycles. The number of allylic oxidation sites excluding steroid dienone is 1. The van der Waals surface area contributed by atoms with Crippen molar-refractivity contribution in [3.63, 3.8) is 0 Å². The first-order valence-corrected chi connectivity index (χ1v) is 6.56. The van der Waals surface area contributed by atoms with Gasteiger partial charge in [0.25, 0.3) is 11.8 Å². The van der Waals surface area contributed by atoms with Crippen molar-refractivity contribution in [3.8, 4) is 0 Å². The zero-order valence-corrected chi connectivity index (χ0v) is 11.3. The van der Waals surface area contributed by atoms with Gasteiger partial charge in [-0.05, 0) is 26.2 Å². The second kappa shape index (κ2) is 6.99. The molecular weight excluding hydrogens is 228 g/mol. The predicted octanol–water partition coefficient (Wildman–Crippen LogP) is 1.94. The zero-order chi connectivity index (χ0) is 13.5. The van der Waals surface area contributed by atoms with Gasteiger partial charge in [0.2, 0.25) is 0 Å². The fourth-order valence-electron chi connectivity index (χ4n) is 2.06. The number of carbonyl (C=O) groups is 2. The molecule has 0 aromatic carbocycles. The average molecular weight is 250 g/mol. The number of hydrogen-bond acceptors (Lipinski definition) is 3. The minimum absolute atomic E-state index is 0.202. The van der Waals surface area contributed by atoms with E-state index >= 15 is 0 Å². The second-order valence-corrected chi connectivity index (χ2v) is 4.41. The van der Waals surface area contributed by atoms with Crippen LogP contribution in [0.25, 0.3) is 0 Å². The third-order valence-electron chi connectivity index (χ3n) is 3.07. The minimum atomic E-state index is -0.202. The van der Waals surface area contributed by atoms with Gasteiger partial charge in [-0.1, -0.05) is 13.5 Å². The third kappa shape index (κ3) is 3.72. The van der Waals surface area contributed by atoms with Crippen LogP contribution in [0.5, 0.6) is 0 Å². The van der Waals surface area contributed by atoms with Crippen LogP contribution < -0.4 is 0 Å². The Bertz CT molecular complexity index is 343. The van der Waals surface area contributed by atoms with Gasteiger partial charge in [-0.3, -0.25) is 14.5 Å². The van der Waals surface area contributed by atoms with E-state index in [2.05, 4.69) is 25.3 Å². The molecule has 1 aliphatic rings. The maximum atomic E-state index is 11.3. The highest BCUT2D eigenvalue weighted by atomic mass is 16.2. The molecule has 4 nitrogen and oxygen atoms in total. The highest BCUT2D eigenvalue weighted by Crippen LogP contribution is 2.12. The summed E-state index contributed by atoms with van der Waals surface area (Å²) in [5.41, 5.74) is 1.09. The normalized spacial score (nSPS) is 14.4. The van der Waals surface area contributed by atoms with Crippen LogP contribution in [-0.2, 0) is 9.59 Å². The summed E-state index contributed by atoms with van der Waals surface area (Å²) >= 11 is 0. The molecule has 1 aliphatic heterocycles. The number of nitrogens with zero attached hydrogens (tertiary/aromatic N) is 2. The van der Waals surface area contributed by atoms with Crippen LogP contribution in [0.1, 0.15) is 33.1 Å². The largest absolute Gasteiger partial charge is 0.376 e. The summed E-state index contributed by atoms with van der Waals surface area (Å²) in [6.45, 7) is 10.8. The summed E-state index contributed by atoms with van der Waals surface area (Å²) in [5.74, 6) is -0.405. The van der Waals surface area contributed by atoms with E-state index in [0.29, 0.717) is 6.54 Å². The Hall–Kier alpha value is -1.58. The van der Waals surface area contributed by atoms with Gasteiger partial charge in [-0.25, -0.2) is 0 Å². The van der Waals surface area contributed by atoms with E-state index < -0.39 is 0 Å². The lowest BCUT2D eigenvalue weighted by Gasteiger charge is -2.25. The molecule has 0 atom stereocenters. The van der Waals surface area contributed by atoms with E-state index in [0.717, 1.165) is 38.0 Å². The maximum absolute atomic E-state index is 11.3. The van der Waals surface area contributed by atoms with Gasteiger partial charge in [0.05, 0.1) is 0 Å². The molecule has 1 rings (SSSR count). The molecule has 0 aromatic heterocycles. The first-order valence-electron chi connectivity index (χ1n) is 6.56. The van der Waals surface area contributed by atoms with Gasteiger partial charge in [-0.15, -0.1) is 0 Å². The van der Waals surface area contributed by atoms with Crippen molar-refractivity contribution in [3.05, 3.63) is 24.4 Å². The monoisotopic (exact) mass is 250 g/mol. The van der Waals surface area contributed by atoms with Gasteiger partial charge in [0.1, 0.15) is 0 Å². The van der Waals surface area contributed by atoms with Crippen LogP contribution in [0.3, 0.4) is 0 Å². The van der Waals surface area contributed by atoms with Crippen molar-refractivity contribution < 1.29 is 9.59 Å². The lowest BCUT2D eigenvalue weighted by atomic mass is 10.2. The lowest BCUT2D eigenvalue weighted by Crippen LogP contribution is -2.31. The van der Waals surface area contributed by atoms with Gasteiger partial charge < -0.3 is 4.90 Å². The van der Waals surface area contributed by atoms with Crippen molar-refractivity contribution in [2.45, 2.75) is 33.1 Å². The number of rotatable bonds is 8. The molecular formula is C14H22N2O2. The smallest absolute Gasteiger partial charge is 0.253 e. The molecule has 0 N–H and O–H groups in total. The summed E-state index contributed by atoms with van der Waals surface area (Å²) < 4.78 is 0. The van der Waals surface area contributed by atoms with E-state index in [1.807, 2.05) is 0 Å². The van der Waals surface area contributed by atoms with E-state index in [1.165, 1.54) is 17.1 Å². The molecule has 0 spiro atoms. The summed E-state index contributed by atoms with van der Waals surface area (Å²) in [6, 6.07) is 0. The molecule has 0 bridgehead atoms. The van der Waals surface area contributed by atoms with Gasteiger partial charge >= 0.3 is 0 Å². The highest BCUT2D eigenvalue weighted by Gasteiger charge is 2.22. The van der Waals surface area contributed by atoms with Crippen LogP contribution in [0.2, 0.25) is 0 Å². The Morgan fingerprint density at radius 3 is 2.39 bits per heavy atom. The molecule has 0 unspecified atom stereocenters. The zero-order valence-electron chi connectivity index (χ0n) is 11.3. The van der Waals surface area contributed by atoms with Crippen LogP contribution in [-0.4, -0.2) is 41.2 Å². The summed E-state index contributed by atoms with van der Waals surface area (Å²) in [6.07, 6.45) is 5.35. The van der Waals surface area contributed by atoms with Crippen LogP contribution in [0.15, 0.2) is 24.4 Å². The fourth-order valence-corrected chi connectivity index (χ4v) is 2.06. The van der Waals surface area contributed by atoms with Crippen LogP contribution in [0, 0.1) is 0 Å². The topological polar surface area (TPSA) is 40.6 Å². The van der Waals surface area contributed by atoms with Gasteiger partial charge in [0, 0.05) is 37.5 Å². The second-order valence-electron chi connectivity index (χ2n) is 4.41. The van der Waals surface area contributed by atoms with Crippen molar-refractivity contribution in [1.29, 1.82) is 0 Å². The van der Waals surface area contributed by atoms with Crippen molar-refractivity contribution in [2.75, 3.05) is 19.6 Å². The SMILES string of the molecule is C=C(CCCN1C(=O)C=CC1=O)N(CC)CCC. The van der Waals surface area contributed by atoms with Crippen LogP contribution in [0.4, 0.5) is 0 Å². The Labute approximate surface area is 109 Å². The first-order chi connectivity index (χ1) is 8.60. The molecule has 100 valence electrons. The van der Waals surface area contributed by atoms with Gasteiger partial charge in [0.15, 0.2) is 0 Å². The molecule has 0 aromatic rings. The minimum Gasteiger partial charge on any atom is -0.376 e. The number of carbonyl (C=O) groups excluding carboxylic acids is 2.